The number of hydrogen-bond donors (Lipinski definition) is 2. The highest BCUT2D eigenvalue weighted by molar-refractivity contribution is 6.33. The Bertz CT molecular complexity index is 1150. The summed E-state index contributed by atoms with van der Waals surface area (Å²) in [6.07, 6.45) is 0.927. The number of aryl methyl sites for hydroxylation is 1. The molecule has 33 heavy (non-hydrogen) atoms. The first-order valence-electron chi connectivity index (χ1n) is 10.6. The Labute approximate surface area is 197 Å². The van der Waals surface area contributed by atoms with Crippen molar-refractivity contribution in [3.63, 3.8) is 0 Å². The first-order valence-corrected chi connectivity index (χ1v) is 11.0. The number of ether oxygens (including phenoxy) is 1. The molecule has 0 atom stereocenters. The molecule has 174 valence electrons. The Morgan fingerprint density at radius 3 is 2.42 bits per heavy atom. The zero-order valence-electron chi connectivity index (χ0n) is 19.0. The maximum atomic E-state index is 11.3. The number of oxime groups is 1. The lowest BCUT2D eigenvalue weighted by Crippen LogP contribution is -2.37. The average Bonchev–Trinajstić information content (AvgIpc) is 3.19. The Morgan fingerprint density at radius 2 is 1.85 bits per heavy atom. The summed E-state index contributed by atoms with van der Waals surface area (Å²) in [4.78, 5) is 15.9. The maximum Gasteiger partial charge on any atom is 0.347 e. The SMILES string of the molecule is CC(C)c1oc(-c2ccccc2Cl)nc1CCC(=NO)c1ccc(OC(C)(C)C(=O)O)cc1. The van der Waals surface area contributed by atoms with Crippen molar-refractivity contribution >= 4 is 23.3 Å². The van der Waals surface area contributed by atoms with E-state index in [-0.39, 0.29) is 5.92 Å². The number of carboxylic acid groups (broad SMARTS) is 1. The number of nitrogens with zero attached hydrogens (tertiary/aromatic N) is 2. The molecule has 2 N–H and O–H groups in total. The molecule has 1 aromatic heterocycles. The van der Waals surface area contributed by atoms with Crippen LogP contribution >= 0.6 is 11.6 Å². The smallest absolute Gasteiger partial charge is 0.347 e. The molecule has 7 nitrogen and oxygen atoms in total. The molecule has 0 spiro atoms. The van der Waals surface area contributed by atoms with Gasteiger partial charge in [0.1, 0.15) is 11.5 Å². The maximum absolute atomic E-state index is 11.3. The van der Waals surface area contributed by atoms with Crippen molar-refractivity contribution in [1.82, 2.24) is 4.98 Å². The van der Waals surface area contributed by atoms with Crippen LogP contribution in [0.5, 0.6) is 5.75 Å². The zero-order valence-corrected chi connectivity index (χ0v) is 19.8. The van der Waals surface area contributed by atoms with Crippen molar-refractivity contribution < 1.29 is 24.3 Å². The predicted molar refractivity (Wildman–Crippen MR) is 126 cm³/mol. The fraction of sp³-hybridized carbons (Fsp3) is 0.320. The second-order valence-electron chi connectivity index (χ2n) is 8.45. The molecule has 0 bridgehead atoms. The Morgan fingerprint density at radius 1 is 1.18 bits per heavy atom. The van der Waals surface area contributed by atoms with Crippen molar-refractivity contribution in [2.45, 2.75) is 52.1 Å². The number of carboxylic acids is 1. The van der Waals surface area contributed by atoms with Gasteiger partial charge in [-0.25, -0.2) is 9.78 Å². The predicted octanol–water partition coefficient (Wildman–Crippen LogP) is 6.17. The number of aliphatic carboxylic acids is 1. The number of benzene rings is 2. The first kappa shape index (κ1) is 24.3. The summed E-state index contributed by atoms with van der Waals surface area (Å²) in [7, 11) is 0. The van der Waals surface area contributed by atoms with E-state index in [1.54, 1.807) is 30.3 Å². The lowest BCUT2D eigenvalue weighted by molar-refractivity contribution is -0.152. The largest absolute Gasteiger partial charge is 0.478 e. The summed E-state index contributed by atoms with van der Waals surface area (Å²) in [5, 5.41) is 22.8. The topological polar surface area (TPSA) is 105 Å². The average molecular weight is 471 g/mol. The van der Waals surface area contributed by atoms with E-state index in [2.05, 4.69) is 10.1 Å². The van der Waals surface area contributed by atoms with Gasteiger partial charge in [0.05, 0.1) is 22.0 Å². The van der Waals surface area contributed by atoms with Crippen molar-refractivity contribution in [3.8, 4) is 17.2 Å². The number of aromatic nitrogens is 1. The highest BCUT2D eigenvalue weighted by atomic mass is 35.5. The highest BCUT2D eigenvalue weighted by Crippen LogP contribution is 2.32. The van der Waals surface area contributed by atoms with Gasteiger partial charge in [0.2, 0.25) is 5.89 Å². The summed E-state index contributed by atoms with van der Waals surface area (Å²) in [5.41, 5.74) is 1.32. The molecule has 3 aromatic rings. The normalized spacial score (nSPS) is 12.2. The van der Waals surface area contributed by atoms with E-state index in [1.165, 1.54) is 13.8 Å². The fourth-order valence-electron chi connectivity index (χ4n) is 3.29. The molecule has 2 aromatic carbocycles. The molecule has 0 fully saturated rings. The van der Waals surface area contributed by atoms with Gasteiger partial charge >= 0.3 is 5.97 Å². The summed E-state index contributed by atoms with van der Waals surface area (Å²) in [6.45, 7) is 7.01. The Hall–Kier alpha value is -3.32. The zero-order chi connectivity index (χ0) is 24.2. The minimum Gasteiger partial charge on any atom is -0.478 e. The van der Waals surface area contributed by atoms with Gasteiger partial charge in [0.15, 0.2) is 5.60 Å². The van der Waals surface area contributed by atoms with Gasteiger partial charge in [-0.3, -0.25) is 0 Å². The van der Waals surface area contributed by atoms with Crippen LogP contribution in [0.4, 0.5) is 0 Å². The van der Waals surface area contributed by atoms with E-state index >= 15 is 0 Å². The lowest BCUT2D eigenvalue weighted by atomic mass is 10.0. The van der Waals surface area contributed by atoms with Crippen molar-refractivity contribution in [1.29, 1.82) is 0 Å². The van der Waals surface area contributed by atoms with Gasteiger partial charge in [-0.1, -0.05) is 42.7 Å². The molecule has 1 heterocycles. The third-order valence-electron chi connectivity index (χ3n) is 5.15. The number of hydrogen-bond acceptors (Lipinski definition) is 6. The molecule has 8 heteroatoms. The van der Waals surface area contributed by atoms with Crippen LogP contribution in [0.15, 0.2) is 58.1 Å². The number of rotatable bonds is 9. The minimum absolute atomic E-state index is 0.118. The highest BCUT2D eigenvalue weighted by Gasteiger charge is 2.29. The Kier molecular flexibility index (Phi) is 7.43. The molecule has 0 aliphatic rings. The van der Waals surface area contributed by atoms with Crippen molar-refractivity contribution in [2.75, 3.05) is 0 Å². The molecule has 3 rings (SSSR count). The van der Waals surface area contributed by atoms with Gasteiger partial charge in [0, 0.05) is 5.92 Å². The minimum atomic E-state index is -1.35. The first-order chi connectivity index (χ1) is 15.6. The van der Waals surface area contributed by atoms with Crippen LogP contribution in [-0.2, 0) is 11.2 Å². The van der Waals surface area contributed by atoms with Gasteiger partial charge in [-0.05, 0) is 68.7 Å². The van der Waals surface area contributed by atoms with E-state index in [4.69, 9.17) is 20.8 Å². The molecule has 0 radical (unpaired) electrons. The summed E-state index contributed by atoms with van der Waals surface area (Å²) >= 11 is 6.31. The number of carbonyl (C=O) groups is 1. The van der Waals surface area contributed by atoms with E-state index in [0.29, 0.717) is 40.8 Å². The van der Waals surface area contributed by atoms with E-state index in [0.717, 1.165) is 17.0 Å². The van der Waals surface area contributed by atoms with Gasteiger partial charge in [0.25, 0.3) is 0 Å². The number of oxazole rings is 1. The summed E-state index contributed by atoms with van der Waals surface area (Å²) < 4.78 is 11.6. The lowest BCUT2D eigenvalue weighted by Gasteiger charge is -2.21. The molecule has 0 aliphatic heterocycles. The van der Waals surface area contributed by atoms with Crippen LogP contribution in [0.3, 0.4) is 0 Å². The van der Waals surface area contributed by atoms with Crippen LogP contribution in [0.25, 0.3) is 11.5 Å². The standard InChI is InChI=1S/C25H27ClN2O5/c1-15(2)22-21(27-23(32-22)18-7-5-6-8-19(18)26)14-13-20(28-31)16-9-11-17(12-10-16)33-25(3,4)24(29)30/h5-12,15,31H,13-14H2,1-4H3,(H,29,30). The van der Waals surface area contributed by atoms with Gasteiger partial charge < -0.3 is 19.5 Å². The van der Waals surface area contributed by atoms with Crippen LogP contribution in [-0.4, -0.2) is 32.6 Å². The second-order valence-corrected chi connectivity index (χ2v) is 8.86. The van der Waals surface area contributed by atoms with Crippen LogP contribution in [0.1, 0.15) is 57.1 Å². The molecular weight excluding hydrogens is 444 g/mol. The third-order valence-corrected chi connectivity index (χ3v) is 5.48. The molecule has 0 saturated carbocycles. The molecular formula is C25H27ClN2O5. The van der Waals surface area contributed by atoms with Crippen LogP contribution in [0.2, 0.25) is 5.02 Å². The number of halogens is 1. The molecule has 0 aliphatic carbocycles. The van der Waals surface area contributed by atoms with Crippen LogP contribution < -0.4 is 4.74 Å². The van der Waals surface area contributed by atoms with E-state index in [1.807, 2.05) is 32.0 Å². The van der Waals surface area contributed by atoms with Crippen molar-refractivity contribution in [3.05, 3.63) is 70.6 Å². The van der Waals surface area contributed by atoms with Crippen LogP contribution in [0, 0.1) is 0 Å². The molecule has 0 unspecified atom stereocenters. The Balaban J connectivity index is 1.77. The second kappa shape index (κ2) is 10.1. The molecule has 0 saturated heterocycles. The summed E-state index contributed by atoms with van der Waals surface area (Å²) in [6, 6.07) is 14.1. The van der Waals surface area contributed by atoms with E-state index in [9.17, 15) is 15.1 Å². The van der Waals surface area contributed by atoms with E-state index < -0.39 is 11.6 Å². The monoisotopic (exact) mass is 470 g/mol. The van der Waals surface area contributed by atoms with Gasteiger partial charge in [-0.2, -0.15) is 0 Å². The molecule has 0 amide bonds. The third kappa shape index (κ3) is 5.73. The summed E-state index contributed by atoms with van der Waals surface area (Å²) in [5.74, 6) is 0.693. The van der Waals surface area contributed by atoms with Gasteiger partial charge in [-0.15, -0.1) is 0 Å². The quantitative estimate of drug-likeness (QED) is 0.220. The van der Waals surface area contributed by atoms with Crippen molar-refractivity contribution in [2.24, 2.45) is 5.16 Å². The fourth-order valence-corrected chi connectivity index (χ4v) is 3.50.